The number of quaternary nitrogens is 1. The Morgan fingerprint density at radius 3 is 1.43 bits per heavy atom. The summed E-state index contributed by atoms with van der Waals surface area (Å²) in [5.74, 6) is 0. The van der Waals surface area contributed by atoms with E-state index in [2.05, 4.69) is 27.7 Å². The van der Waals surface area contributed by atoms with Crippen molar-refractivity contribution in [2.45, 2.75) is 97.2 Å². The summed E-state index contributed by atoms with van der Waals surface area (Å²) < 4.78 is 80.0. The Bertz CT molecular complexity index is 449. The zero-order valence-corrected chi connectivity index (χ0v) is 18.7. The third-order valence-electron chi connectivity index (χ3n) is 5.39. The van der Waals surface area contributed by atoms with Crippen molar-refractivity contribution in [3.63, 3.8) is 0 Å². The number of rotatable bonds is 14. The summed E-state index contributed by atoms with van der Waals surface area (Å²) in [6, 6.07) is 0. The van der Waals surface area contributed by atoms with Crippen molar-refractivity contribution in [2.75, 3.05) is 26.2 Å². The van der Waals surface area contributed by atoms with Gasteiger partial charge in [-0.1, -0.05) is 32.1 Å². The van der Waals surface area contributed by atoms with E-state index in [0.29, 0.717) is 32.1 Å². The molecule has 1 atom stereocenters. The SMILES string of the molecule is CC[N+](CC)(CC)CC.O=S(=O)([O-])C(F)CCCCCCCCCC(F)(F)F. The largest absolute Gasteiger partial charge is 0.746 e. The molecule has 0 aromatic rings. The minimum atomic E-state index is -4.84. The number of hydrogen-bond donors (Lipinski definition) is 0. The minimum Gasteiger partial charge on any atom is -0.746 e. The number of halogens is 4. The average molecular weight is 438 g/mol. The molecule has 0 saturated carbocycles. The van der Waals surface area contributed by atoms with Crippen LogP contribution in [0.15, 0.2) is 0 Å². The summed E-state index contributed by atoms with van der Waals surface area (Å²) in [7, 11) is -4.84. The average Bonchev–Trinajstić information content (AvgIpc) is 2.61. The van der Waals surface area contributed by atoms with E-state index in [4.69, 9.17) is 0 Å². The number of alkyl halides is 4. The van der Waals surface area contributed by atoms with Crippen molar-refractivity contribution >= 4 is 10.1 Å². The second kappa shape index (κ2) is 15.4. The van der Waals surface area contributed by atoms with Gasteiger partial charge in [-0.25, -0.2) is 12.8 Å². The van der Waals surface area contributed by atoms with E-state index in [1.165, 1.54) is 30.7 Å². The maximum atomic E-state index is 12.7. The van der Waals surface area contributed by atoms with Gasteiger partial charge in [-0.3, -0.25) is 0 Å². The van der Waals surface area contributed by atoms with Gasteiger partial charge in [0.1, 0.15) is 10.1 Å². The molecular weight excluding hydrogens is 398 g/mol. The lowest BCUT2D eigenvalue weighted by Gasteiger charge is -2.34. The Morgan fingerprint density at radius 1 is 0.786 bits per heavy atom. The quantitative estimate of drug-likeness (QED) is 0.150. The lowest BCUT2D eigenvalue weighted by molar-refractivity contribution is -0.921. The molecule has 0 bridgehead atoms. The predicted octanol–water partition coefficient (Wildman–Crippen LogP) is 5.78. The van der Waals surface area contributed by atoms with Crippen LogP contribution in [0.2, 0.25) is 0 Å². The summed E-state index contributed by atoms with van der Waals surface area (Å²) in [5, 5.41) is 0. The first-order chi connectivity index (χ1) is 12.9. The lowest BCUT2D eigenvalue weighted by Crippen LogP contribution is -2.47. The summed E-state index contributed by atoms with van der Waals surface area (Å²) in [6.45, 7) is 14.2. The summed E-state index contributed by atoms with van der Waals surface area (Å²) >= 11 is 0. The van der Waals surface area contributed by atoms with Crippen LogP contribution in [0.3, 0.4) is 0 Å². The molecule has 9 heteroatoms. The fourth-order valence-corrected chi connectivity index (χ4v) is 3.46. The Morgan fingerprint density at radius 2 is 1.14 bits per heavy atom. The first-order valence-corrected chi connectivity index (χ1v) is 11.8. The zero-order chi connectivity index (χ0) is 22.3. The van der Waals surface area contributed by atoms with Crippen LogP contribution in [0.4, 0.5) is 17.6 Å². The Balaban J connectivity index is 0. The van der Waals surface area contributed by atoms with E-state index in [9.17, 15) is 30.5 Å². The molecule has 4 nitrogen and oxygen atoms in total. The van der Waals surface area contributed by atoms with E-state index in [1.807, 2.05) is 0 Å². The predicted molar refractivity (Wildman–Crippen MR) is 105 cm³/mol. The van der Waals surface area contributed by atoms with Gasteiger partial charge in [0.15, 0.2) is 5.50 Å². The topological polar surface area (TPSA) is 57.2 Å². The second-order valence-corrected chi connectivity index (χ2v) is 8.64. The monoisotopic (exact) mass is 437 g/mol. The molecule has 0 amide bonds. The number of nitrogens with zero attached hydrogens (tertiary/aromatic N) is 1. The van der Waals surface area contributed by atoms with Crippen LogP contribution in [0.25, 0.3) is 0 Å². The highest BCUT2D eigenvalue weighted by atomic mass is 32.2. The Labute approximate surface area is 169 Å². The molecule has 0 aromatic carbocycles. The fourth-order valence-electron chi connectivity index (χ4n) is 3.00. The molecule has 0 heterocycles. The van der Waals surface area contributed by atoms with Gasteiger partial charge in [0.2, 0.25) is 0 Å². The first kappa shape index (κ1) is 29.8. The number of hydrogen-bond acceptors (Lipinski definition) is 3. The molecule has 28 heavy (non-hydrogen) atoms. The van der Waals surface area contributed by atoms with Crippen LogP contribution < -0.4 is 0 Å². The molecule has 0 saturated heterocycles. The van der Waals surface area contributed by atoms with Crippen molar-refractivity contribution in [2.24, 2.45) is 0 Å². The van der Waals surface area contributed by atoms with E-state index in [-0.39, 0.29) is 12.8 Å². The normalized spacial score (nSPS) is 13.8. The van der Waals surface area contributed by atoms with Crippen LogP contribution in [0.5, 0.6) is 0 Å². The number of unbranched alkanes of at least 4 members (excludes halogenated alkanes) is 6. The van der Waals surface area contributed by atoms with Gasteiger partial charge < -0.3 is 9.04 Å². The van der Waals surface area contributed by atoms with Crippen molar-refractivity contribution in [3.05, 3.63) is 0 Å². The molecule has 0 aliphatic carbocycles. The molecule has 0 spiro atoms. The highest BCUT2D eigenvalue weighted by molar-refractivity contribution is 7.86. The molecule has 0 aliphatic heterocycles. The smallest absolute Gasteiger partial charge is 0.389 e. The molecule has 0 aliphatic rings. The van der Waals surface area contributed by atoms with Crippen LogP contribution in [-0.2, 0) is 10.1 Å². The van der Waals surface area contributed by atoms with Gasteiger partial charge >= 0.3 is 6.18 Å². The summed E-state index contributed by atoms with van der Waals surface area (Å²) in [5.41, 5.74) is -2.35. The molecule has 0 fully saturated rings. The Kier molecular flexibility index (Phi) is 16.4. The second-order valence-electron chi connectivity index (χ2n) is 7.14. The maximum Gasteiger partial charge on any atom is 0.389 e. The third kappa shape index (κ3) is 16.5. The molecule has 0 N–H and O–H groups in total. The molecule has 0 rings (SSSR count). The van der Waals surface area contributed by atoms with Crippen molar-refractivity contribution < 1.29 is 35.0 Å². The molecule has 172 valence electrons. The third-order valence-corrected chi connectivity index (χ3v) is 6.25. The van der Waals surface area contributed by atoms with Gasteiger partial charge in [-0.2, -0.15) is 13.2 Å². The van der Waals surface area contributed by atoms with E-state index >= 15 is 0 Å². The highest BCUT2D eigenvalue weighted by Gasteiger charge is 2.25. The standard InChI is InChI=1S/C11H20F4O3S.C8H20N/c12-10(19(16,17)18)8-6-4-2-1-3-5-7-9-11(13,14)15;1-5-9(6-2,7-3)8-4/h10H,1-9H2,(H,16,17,18);5-8H2,1-4H3/q;+1/p-1. The van der Waals surface area contributed by atoms with Crippen molar-refractivity contribution in [3.8, 4) is 0 Å². The lowest BCUT2D eigenvalue weighted by atomic mass is 10.1. The van der Waals surface area contributed by atoms with Crippen LogP contribution >= 0.6 is 0 Å². The van der Waals surface area contributed by atoms with Gasteiger partial charge in [0, 0.05) is 6.42 Å². The fraction of sp³-hybridized carbons (Fsp3) is 1.00. The first-order valence-electron chi connectivity index (χ1n) is 10.4. The Hall–Kier alpha value is -0.410. The van der Waals surface area contributed by atoms with E-state index in [1.54, 1.807) is 0 Å². The van der Waals surface area contributed by atoms with Gasteiger partial charge in [-0.05, 0) is 47.0 Å². The van der Waals surface area contributed by atoms with Crippen molar-refractivity contribution in [1.82, 2.24) is 0 Å². The summed E-state index contributed by atoms with van der Waals surface area (Å²) in [4.78, 5) is 0. The summed E-state index contributed by atoms with van der Waals surface area (Å²) in [6.07, 6.45) is -1.56. The highest BCUT2D eigenvalue weighted by Crippen LogP contribution is 2.23. The van der Waals surface area contributed by atoms with Crippen LogP contribution in [0.1, 0.15) is 85.5 Å². The molecule has 0 radical (unpaired) electrons. The maximum absolute atomic E-state index is 12.7. The zero-order valence-electron chi connectivity index (χ0n) is 17.9. The molecular formula is C19H39F4NO3S. The van der Waals surface area contributed by atoms with Gasteiger partial charge in [-0.15, -0.1) is 0 Å². The van der Waals surface area contributed by atoms with Gasteiger partial charge in [0.25, 0.3) is 0 Å². The van der Waals surface area contributed by atoms with Crippen molar-refractivity contribution in [1.29, 1.82) is 0 Å². The molecule has 1 unspecified atom stereocenters. The van der Waals surface area contributed by atoms with Gasteiger partial charge in [0.05, 0.1) is 26.2 Å². The minimum absolute atomic E-state index is 0.116. The van der Waals surface area contributed by atoms with Crippen LogP contribution in [0, 0.1) is 0 Å². The van der Waals surface area contributed by atoms with E-state index in [0.717, 1.165) is 6.42 Å². The van der Waals surface area contributed by atoms with E-state index < -0.39 is 28.2 Å². The molecule has 0 aromatic heterocycles. The van der Waals surface area contributed by atoms with Crippen LogP contribution in [-0.4, -0.2) is 55.3 Å².